The fourth-order valence-corrected chi connectivity index (χ4v) is 3.85. The zero-order valence-corrected chi connectivity index (χ0v) is 13.4. The summed E-state index contributed by atoms with van der Waals surface area (Å²) in [6.07, 6.45) is 3.31. The number of nitrogens with one attached hydrogen (secondary N) is 1. The van der Waals surface area contributed by atoms with Crippen molar-refractivity contribution in [3.8, 4) is 0 Å². The number of thiophene rings is 1. The van der Waals surface area contributed by atoms with Gasteiger partial charge in [-0.25, -0.2) is 4.98 Å². The second-order valence-corrected chi connectivity index (χ2v) is 6.87. The smallest absolute Gasteiger partial charge is 0.250 e. The van der Waals surface area contributed by atoms with E-state index in [9.17, 15) is 4.79 Å². The number of rotatable bonds is 3. The molecule has 3 rings (SSSR count). The number of hydrogen-bond donors (Lipinski definition) is 1. The van der Waals surface area contributed by atoms with Crippen molar-refractivity contribution in [3.63, 3.8) is 0 Å². The quantitative estimate of drug-likeness (QED) is 0.680. The Balaban J connectivity index is 1.70. The van der Waals surface area contributed by atoms with E-state index in [1.807, 2.05) is 35.7 Å². The highest BCUT2D eigenvalue weighted by atomic mass is 79.9. The predicted molar refractivity (Wildman–Crippen MR) is 89.3 cm³/mol. The van der Waals surface area contributed by atoms with Crippen molar-refractivity contribution in [2.75, 3.05) is 5.32 Å². The molecule has 2 heterocycles. The predicted octanol–water partition coefficient (Wildman–Crippen LogP) is 4.77. The maximum atomic E-state index is 11.8. The van der Waals surface area contributed by atoms with E-state index >= 15 is 0 Å². The molecule has 0 aliphatic heterocycles. The van der Waals surface area contributed by atoms with Gasteiger partial charge in [0.1, 0.15) is 0 Å². The Morgan fingerprint density at radius 3 is 2.95 bits per heavy atom. The normalized spacial score (nSPS) is 11.2. The van der Waals surface area contributed by atoms with Gasteiger partial charge in [-0.15, -0.1) is 11.3 Å². The molecule has 1 N–H and O–H groups in total. The third kappa shape index (κ3) is 3.15. The van der Waals surface area contributed by atoms with Crippen molar-refractivity contribution in [2.45, 2.75) is 0 Å². The summed E-state index contributed by atoms with van der Waals surface area (Å²) in [5.41, 5.74) is 0.902. The summed E-state index contributed by atoms with van der Waals surface area (Å²) in [6, 6.07) is 9.77. The van der Waals surface area contributed by atoms with Gasteiger partial charge in [0, 0.05) is 20.8 Å². The van der Waals surface area contributed by atoms with Gasteiger partial charge in [-0.05, 0) is 40.2 Å². The summed E-state index contributed by atoms with van der Waals surface area (Å²) in [7, 11) is 0. The van der Waals surface area contributed by atoms with Crippen LogP contribution >= 0.6 is 38.6 Å². The molecule has 1 aromatic carbocycles. The second-order valence-electron chi connectivity index (χ2n) is 3.98. The summed E-state index contributed by atoms with van der Waals surface area (Å²) in [5.74, 6) is -0.173. The number of amides is 1. The molecule has 6 heteroatoms. The number of halogens is 1. The van der Waals surface area contributed by atoms with Crippen LogP contribution in [-0.2, 0) is 4.79 Å². The first-order valence-electron chi connectivity index (χ1n) is 5.79. The van der Waals surface area contributed by atoms with Crippen molar-refractivity contribution >= 4 is 65.9 Å². The molecule has 0 aliphatic rings. The number of carbonyl (C=O) groups is 1. The number of benzene rings is 1. The third-order valence-electron chi connectivity index (χ3n) is 2.51. The van der Waals surface area contributed by atoms with Crippen LogP contribution in [0.2, 0.25) is 0 Å². The number of anilines is 1. The largest absolute Gasteiger partial charge is 0.298 e. The molecule has 0 unspecified atom stereocenters. The lowest BCUT2D eigenvalue weighted by molar-refractivity contribution is -0.111. The Kier molecular flexibility index (Phi) is 3.95. The Morgan fingerprint density at radius 2 is 2.20 bits per heavy atom. The number of aromatic nitrogens is 1. The standard InChI is InChI=1S/C14H9BrN2OS2/c15-9-7-10(19-8-9)5-6-13(18)17-14-16-11-3-1-2-4-12(11)20-14/h1-8H,(H,16,17,18). The Hall–Kier alpha value is -1.50. The molecular weight excluding hydrogens is 356 g/mol. The van der Waals surface area contributed by atoms with Crippen LogP contribution in [0, 0.1) is 0 Å². The molecule has 1 amide bonds. The number of nitrogens with zero attached hydrogens (tertiary/aromatic N) is 1. The van der Waals surface area contributed by atoms with Crippen LogP contribution in [0.3, 0.4) is 0 Å². The van der Waals surface area contributed by atoms with Crippen LogP contribution in [0.25, 0.3) is 16.3 Å². The van der Waals surface area contributed by atoms with E-state index in [0.29, 0.717) is 5.13 Å². The first-order valence-corrected chi connectivity index (χ1v) is 8.28. The van der Waals surface area contributed by atoms with Gasteiger partial charge in [0.2, 0.25) is 5.91 Å². The van der Waals surface area contributed by atoms with E-state index < -0.39 is 0 Å². The molecular formula is C14H9BrN2OS2. The minimum Gasteiger partial charge on any atom is -0.298 e. The van der Waals surface area contributed by atoms with Crippen molar-refractivity contribution < 1.29 is 4.79 Å². The van der Waals surface area contributed by atoms with Crippen LogP contribution < -0.4 is 5.32 Å². The SMILES string of the molecule is O=C(C=Cc1cc(Br)cs1)Nc1nc2ccccc2s1. The van der Waals surface area contributed by atoms with Gasteiger partial charge < -0.3 is 0 Å². The molecule has 0 fully saturated rings. The average molecular weight is 365 g/mol. The molecule has 0 radical (unpaired) electrons. The van der Waals surface area contributed by atoms with Gasteiger partial charge >= 0.3 is 0 Å². The van der Waals surface area contributed by atoms with Crippen LogP contribution in [0.5, 0.6) is 0 Å². The van der Waals surface area contributed by atoms with Gasteiger partial charge in [-0.2, -0.15) is 0 Å². The van der Waals surface area contributed by atoms with E-state index in [4.69, 9.17) is 0 Å². The van der Waals surface area contributed by atoms with Crippen molar-refractivity contribution in [1.29, 1.82) is 0 Å². The lowest BCUT2D eigenvalue weighted by Gasteiger charge is -1.94. The number of thiazole rings is 1. The molecule has 0 aliphatic carbocycles. The maximum absolute atomic E-state index is 11.8. The van der Waals surface area contributed by atoms with Crippen molar-refractivity contribution in [1.82, 2.24) is 4.98 Å². The number of fused-ring (bicyclic) bond motifs is 1. The van der Waals surface area contributed by atoms with Crippen LogP contribution in [-0.4, -0.2) is 10.9 Å². The zero-order valence-electron chi connectivity index (χ0n) is 10.2. The van der Waals surface area contributed by atoms with E-state index in [-0.39, 0.29) is 5.91 Å². The van der Waals surface area contributed by atoms with Crippen LogP contribution in [0.4, 0.5) is 5.13 Å². The van der Waals surface area contributed by atoms with Crippen molar-refractivity contribution in [2.24, 2.45) is 0 Å². The highest BCUT2D eigenvalue weighted by molar-refractivity contribution is 9.10. The van der Waals surface area contributed by atoms with E-state index in [1.165, 1.54) is 17.4 Å². The van der Waals surface area contributed by atoms with E-state index in [0.717, 1.165) is 19.6 Å². The molecule has 0 saturated carbocycles. The summed E-state index contributed by atoms with van der Waals surface area (Å²) in [6.45, 7) is 0. The third-order valence-corrected chi connectivity index (χ3v) is 5.12. The Morgan fingerprint density at radius 1 is 1.35 bits per heavy atom. The summed E-state index contributed by atoms with van der Waals surface area (Å²) in [4.78, 5) is 17.2. The van der Waals surface area contributed by atoms with Gasteiger partial charge in [0.25, 0.3) is 0 Å². The summed E-state index contributed by atoms with van der Waals surface area (Å²) >= 11 is 6.42. The molecule has 3 nitrogen and oxygen atoms in total. The monoisotopic (exact) mass is 364 g/mol. The highest BCUT2D eigenvalue weighted by Gasteiger charge is 2.05. The van der Waals surface area contributed by atoms with Gasteiger partial charge in [0.15, 0.2) is 5.13 Å². The molecule has 0 bridgehead atoms. The van der Waals surface area contributed by atoms with E-state index in [1.54, 1.807) is 17.4 Å². The lowest BCUT2D eigenvalue weighted by Crippen LogP contribution is -2.06. The fraction of sp³-hybridized carbons (Fsp3) is 0. The topological polar surface area (TPSA) is 42.0 Å². The number of hydrogen-bond acceptors (Lipinski definition) is 4. The highest BCUT2D eigenvalue weighted by Crippen LogP contribution is 2.25. The van der Waals surface area contributed by atoms with Gasteiger partial charge in [-0.1, -0.05) is 23.5 Å². The first-order chi connectivity index (χ1) is 9.70. The average Bonchev–Trinajstić information content (AvgIpc) is 3.01. The zero-order chi connectivity index (χ0) is 13.9. The lowest BCUT2D eigenvalue weighted by atomic mass is 10.3. The maximum Gasteiger partial charge on any atom is 0.250 e. The first kappa shape index (κ1) is 13.5. The molecule has 0 atom stereocenters. The Labute approximate surface area is 132 Å². The van der Waals surface area contributed by atoms with E-state index in [2.05, 4.69) is 26.2 Å². The van der Waals surface area contributed by atoms with Gasteiger partial charge in [0.05, 0.1) is 10.2 Å². The molecule has 3 aromatic rings. The number of para-hydroxylation sites is 1. The Bertz CT molecular complexity index is 758. The molecule has 20 heavy (non-hydrogen) atoms. The minimum atomic E-state index is -0.173. The van der Waals surface area contributed by atoms with Crippen molar-refractivity contribution in [3.05, 3.63) is 51.1 Å². The summed E-state index contributed by atoms with van der Waals surface area (Å²) in [5, 5.41) is 5.38. The minimum absolute atomic E-state index is 0.173. The fourth-order valence-electron chi connectivity index (χ4n) is 1.65. The summed E-state index contributed by atoms with van der Waals surface area (Å²) < 4.78 is 2.09. The molecule has 0 spiro atoms. The molecule has 0 saturated heterocycles. The van der Waals surface area contributed by atoms with Crippen LogP contribution in [0.15, 0.2) is 46.3 Å². The van der Waals surface area contributed by atoms with Gasteiger partial charge in [-0.3, -0.25) is 10.1 Å². The van der Waals surface area contributed by atoms with Crippen LogP contribution in [0.1, 0.15) is 4.88 Å². The number of carbonyl (C=O) groups excluding carboxylic acids is 1. The molecule has 2 aromatic heterocycles. The molecule has 100 valence electrons. The second kappa shape index (κ2) is 5.87.